The standard InChI is InChI=1S/C20H22F3N5/c1-2-18-24-9-17-19(25-15-5-3-4-6-16(15)28(17)18)26-10-13-7-8-14(11-26)27(13)12-20(21,22)23/h3-6,9,13-14H,2,7-8,10-12H2,1H3. The average molecular weight is 389 g/mol. The molecule has 148 valence electrons. The van der Waals surface area contributed by atoms with Gasteiger partial charge in [-0.05, 0) is 25.0 Å². The molecule has 0 amide bonds. The first-order chi connectivity index (χ1) is 13.4. The number of hydrogen-bond donors (Lipinski definition) is 0. The molecule has 0 N–H and O–H groups in total. The van der Waals surface area contributed by atoms with Crippen molar-refractivity contribution < 1.29 is 13.2 Å². The Balaban J connectivity index is 1.56. The summed E-state index contributed by atoms with van der Waals surface area (Å²) in [7, 11) is 0. The summed E-state index contributed by atoms with van der Waals surface area (Å²) in [5.74, 6) is 1.79. The van der Waals surface area contributed by atoms with Gasteiger partial charge in [-0.3, -0.25) is 9.30 Å². The van der Waals surface area contributed by atoms with Crippen molar-refractivity contribution in [1.29, 1.82) is 0 Å². The van der Waals surface area contributed by atoms with Crippen LogP contribution >= 0.6 is 0 Å². The van der Waals surface area contributed by atoms with Gasteiger partial charge in [0.25, 0.3) is 0 Å². The molecular weight excluding hydrogens is 367 g/mol. The van der Waals surface area contributed by atoms with Gasteiger partial charge in [-0.15, -0.1) is 0 Å². The van der Waals surface area contributed by atoms with E-state index < -0.39 is 12.7 Å². The lowest BCUT2D eigenvalue weighted by atomic mass is 10.1. The first-order valence-corrected chi connectivity index (χ1v) is 9.77. The number of aromatic nitrogens is 3. The zero-order chi connectivity index (χ0) is 19.5. The highest BCUT2D eigenvalue weighted by molar-refractivity contribution is 5.85. The Hall–Kier alpha value is -2.35. The van der Waals surface area contributed by atoms with Crippen LogP contribution in [0.5, 0.6) is 0 Å². The molecule has 0 radical (unpaired) electrons. The third kappa shape index (κ3) is 2.82. The summed E-state index contributed by atoms with van der Waals surface area (Å²) in [5.41, 5.74) is 2.82. The number of piperazine rings is 1. The predicted molar refractivity (Wildman–Crippen MR) is 102 cm³/mol. The Kier molecular flexibility index (Phi) is 4.01. The monoisotopic (exact) mass is 389 g/mol. The van der Waals surface area contributed by atoms with Gasteiger partial charge in [-0.1, -0.05) is 19.1 Å². The van der Waals surface area contributed by atoms with Crippen molar-refractivity contribution in [1.82, 2.24) is 19.3 Å². The Morgan fingerprint density at radius 2 is 1.79 bits per heavy atom. The van der Waals surface area contributed by atoms with Gasteiger partial charge in [0, 0.05) is 31.6 Å². The van der Waals surface area contributed by atoms with E-state index in [-0.39, 0.29) is 12.1 Å². The van der Waals surface area contributed by atoms with Gasteiger partial charge in [0.15, 0.2) is 5.82 Å². The second-order valence-corrected chi connectivity index (χ2v) is 7.75. The summed E-state index contributed by atoms with van der Waals surface area (Å²) in [5, 5.41) is 0. The summed E-state index contributed by atoms with van der Waals surface area (Å²) in [6, 6.07) is 7.79. The van der Waals surface area contributed by atoms with Crippen LogP contribution in [-0.4, -0.2) is 57.2 Å². The number of aryl methyl sites for hydroxylation is 1. The van der Waals surface area contributed by atoms with E-state index >= 15 is 0 Å². The third-order valence-electron chi connectivity index (χ3n) is 6.02. The summed E-state index contributed by atoms with van der Waals surface area (Å²) >= 11 is 0. The minimum atomic E-state index is -4.15. The summed E-state index contributed by atoms with van der Waals surface area (Å²) < 4.78 is 41.1. The molecule has 4 heterocycles. The van der Waals surface area contributed by atoms with Crippen LogP contribution in [-0.2, 0) is 6.42 Å². The van der Waals surface area contributed by atoms with E-state index in [0.29, 0.717) is 13.1 Å². The number of para-hydroxylation sites is 2. The van der Waals surface area contributed by atoms with Crippen LogP contribution in [0.3, 0.4) is 0 Å². The number of benzene rings is 1. The van der Waals surface area contributed by atoms with Crippen LogP contribution in [0.1, 0.15) is 25.6 Å². The van der Waals surface area contributed by atoms with Crippen LogP contribution in [0.25, 0.3) is 16.6 Å². The van der Waals surface area contributed by atoms with Gasteiger partial charge in [0.05, 0.1) is 23.8 Å². The number of halogens is 3. The molecule has 2 unspecified atom stereocenters. The molecule has 1 aromatic carbocycles. The molecule has 3 aromatic rings. The van der Waals surface area contributed by atoms with E-state index in [4.69, 9.17) is 4.98 Å². The molecule has 0 aliphatic carbocycles. The Morgan fingerprint density at radius 3 is 2.46 bits per heavy atom. The molecule has 2 fully saturated rings. The van der Waals surface area contributed by atoms with Gasteiger partial charge in [0.2, 0.25) is 0 Å². The third-order valence-corrected chi connectivity index (χ3v) is 6.02. The van der Waals surface area contributed by atoms with E-state index in [1.54, 1.807) is 4.90 Å². The van der Waals surface area contributed by atoms with E-state index in [2.05, 4.69) is 21.2 Å². The van der Waals surface area contributed by atoms with Crippen molar-refractivity contribution in [2.45, 2.75) is 44.4 Å². The fourth-order valence-electron chi connectivity index (χ4n) is 4.85. The van der Waals surface area contributed by atoms with Crippen LogP contribution < -0.4 is 4.90 Å². The van der Waals surface area contributed by atoms with Crippen molar-refractivity contribution in [3.05, 3.63) is 36.3 Å². The number of nitrogens with zero attached hydrogens (tertiary/aromatic N) is 5. The molecule has 0 saturated carbocycles. The van der Waals surface area contributed by atoms with Gasteiger partial charge in [-0.2, -0.15) is 13.2 Å². The summed E-state index contributed by atoms with van der Waals surface area (Å²) in [4.78, 5) is 13.3. The highest BCUT2D eigenvalue weighted by atomic mass is 19.4. The zero-order valence-corrected chi connectivity index (χ0v) is 15.7. The number of rotatable bonds is 3. The van der Waals surface area contributed by atoms with Crippen molar-refractivity contribution in [2.24, 2.45) is 0 Å². The lowest BCUT2D eigenvalue weighted by Gasteiger charge is -2.42. The smallest absolute Gasteiger partial charge is 0.352 e. The molecule has 8 heteroatoms. The second kappa shape index (κ2) is 6.34. The number of imidazole rings is 1. The lowest BCUT2D eigenvalue weighted by molar-refractivity contribution is -0.153. The normalized spacial score (nSPS) is 23.2. The first kappa shape index (κ1) is 17.7. The SMILES string of the molecule is CCc1ncc2c(N3CC4CCC(C3)N4CC(F)(F)F)nc3ccccc3n12. The molecule has 2 bridgehead atoms. The quantitative estimate of drug-likeness (QED) is 0.685. The average Bonchev–Trinajstić information content (AvgIpc) is 3.17. The zero-order valence-electron chi connectivity index (χ0n) is 15.7. The molecule has 0 spiro atoms. The summed E-state index contributed by atoms with van der Waals surface area (Å²) in [6.45, 7) is 2.39. The maximum Gasteiger partial charge on any atom is 0.401 e. The number of anilines is 1. The molecule has 5 nitrogen and oxygen atoms in total. The van der Waals surface area contributed by atoms with Crippen LogP contribution in [0, 0.1) is 0 Å². The lowest BCUT2D eigenvalue weighted by Crippen LogP contribution is -2.56. The van der Waals surface area contributed by atoms with E-state index in [1.807, 2.05) is 30.5 Å². The van der Waals surface area contributed by atoms with Gasteiger partial charge in [-0.25, -0.2) is 9.97 Å². The predicted octanol–water partition coefficient (Wildman–Crippen LogP) is 3.66. The largest absolute Gasteiger partial charge is 0.401 e. The van der Waals surface area contributed by atoms with Gasteiger partial charge >= 0.3 is 6.18 Å². The van der Waals surface area contributed by atoms with Gasteiger partial charge in [0.1, 0.15) is 11.3 Å². The van der Waals surface area contributed by atoms with E-state index in [0.717, 1.165) is 47.5 Å². The first-order valence-electron chi connectivity index (χ1n) is 9.77. The topological polar surface area (TPSA) is 36.7 Å². The van der Waals surface area contributed by atoms with Gasteiger partial charge < -0.3 is 4.90 Å². The van der Waals surface area contributed by atoms with E-state index in [1.165, 1.54) is 0 Å². The Bertz CT molecular complexity index is 1010. The number of fused-ring (bicyclic) bond motifs is 5. The minimum Gasteiger partial charge on any atom is -0.352 e. The minimum absolute atomic E-state index is 0.0812. The molecule has 2 atom stereocenters. The van der Waals surface area contributed by atoms with Crippen molar-refractivity contribution in [3.63, 3.8) is 0 Å². The fourth-order valence-corrected chi connectivity index (χ4v) is 4.85. The molecular formula is C20H22F3N5. The molecule has 2 aromatic heterocycles. The van der Waals surface area contributed by atoms with Crippen LogP contribution in [0.4, 0.5) is 19.0 Å². The highest BCUT2D eigenvalue weighted by Gasteiger charge is 2.45. The Morgan fingerprint density at radius 1 is 1.07 bits per heavy atom. The maximum atomic E-state index is 13.0. The maximum absolute atomic E-state index is 13.0. The fraction of sp³-hybridized carbons (Fsp3) is 0.500. The van der Waals surface area contributed by atoms with Crippen LogP contribution in [0.2, 0.25) is 0 Å². The van der Waals surface area contributed by atoms with Crippen molar-refractivity contribution >= 4 is 22.4 Å². The molecule has 2 saturated heterocycles. The molecule has 2 aliphatic heterocycles. The Labute approximate surface area is 160 Å². The van der Waals surface area contributed by atoms with Crippen LogP contribution in [0.15, 0.2) is 30.5 Å². The highest BCUT2D eigenvalue weighted by Crippen LogP contribution is 2.36. The number of hydrogen-bond acceptors (Lipinski definition) is 4. The van der Waals surface area contributed by atoms with Crippen molar-refractivity contribution in [3.8, 4) is 0 Å². The second-order valence-electron chi connectivity index (χ2n) is 7.75. The van der Waals surface area contributed by atoms with Crippen molar-refractivity contribution in [2.75, 3.05) is 24.5 Å². The molecule has 2 aliphatic rings. The van der Waals surface area contributed by atoms with E-state index in [9.17, 15) is 13.2 Å². The molecule has 28 heavy (non-hydrogen) atoms. The molecule has 5 rings (SSSR count). The number of alkyl halides is 3. The summed E-state index contributed by atoms with van der Waals surface area (Å²) in [6.07, 6.45) is 0.101.